The minimum absolute atomic E-state index is 0.0450. The van der Waals surface area contributed by atoms with Gasteiger partial charge >= 0.3 is 0 Å². The number of imidazole rings is 1. The molecule has 4 rings (SSSR count). The maximum Gasteiger partial charge on any atom is 0.229 e. The van der Waals surface area contributed by atoms with Crippen molar-refractivity contribution in [2.45, 2.75) is 26.8 Å². The van der Waals surface area contributed by atoms with Gasteiger partial charge in [-0.05, 0) is 31.0 Å². The molecule has 0 saturated carbocycles. The molecule has 0 aliphatic carbocycles. The molecular formula is C26H24N4O. The Labute approximate surface area is 182 Å². The summed E-state index contributed by atoms with van der Waals surface area (Å²) in [5, 5.41) is 9.29. The third kappa shape index (κ3) is 4.49. The van der Waals surface area contributed by atoms with Crippen LogP contribution in [0.25, 0.3) is 16.9 Å². The van der Waals surface area contributed by atoms with Gasteiger partial charge in [0, 0.05) is 18.3 Å². The monoisotopic (exact) mass is 408 g/mol. The molecule has 5 heteroatoms. The summed E-state index contributed by atoms with van der Waals surface area (Å²) in [6, 6.07) is 24.0. The van der Waals surface area contributed by atoms with E-state index in [-0.39, 0.29) is 18.9 Å². The number of amides is 1. The first-order chi connectivity index (χ1) is 15.0. The van der Waals surface area contributed by atoms with Crippen LogP contribution < -0.4 is 0 Å². The van der Waals surface area contributed by atoms with Crippen molar-refractivity contribution in [3.8, 4) is 17.3 Å². The summed E-state index contributed by atoms with van der Waals surface area (Å²) in [5.41, 5.74) is 6.68. The summed E-state index contributed by atoms with van der Waals surface area (Å²) in [4.78, 5) is 19.7. The van der Waals surface area contributed by atoms with Gasteiger partial charge in [-0.1, -0.05) is 66.2 Å². The van der Waals surface area contributed by atoms with Crippen LogP contribution in [-0.4, -0.2) is 26.7 Å². The van der Waals surface area contributed by atoms with E-state index in [0.29, 0.717) is 6.54 Å². The van der Waals surface area contributed by atoms with E-state index in [0.717, 1.165) is 33.7 Å². The Balaban J connectivity index is 1.72. The van der Waals surface area contributed by atoms with E-state index in [2.05, 4.69) is 6.07 Å². The molecule has 0 fully saturated rings. The smallest absolute Gasteiger partial charge is 0.229 e. The summed E-state index contributed by atoms with van der Waals surface area (Å²) < 4.78 is 2.00. The van der Waals surface area contributed by atoms with Crippen molar-refractivity contribution in [2.75, 3.05) is 6.54 Å². The number of carbonyl (C=O) groups excluding carboxylic acids is 1. The third-order valence-electron chi connectivity index (χ3n) is 5.34. The second kappa shape index (κ2) is 8.85. The summed E-state index contributed by atoms with van der Waals surface area (Å²) >= 11 is 0. The zero-order chi connectivity index (χ0) is 21.8. The molecule has 0 aliphatic heterocycles. The fourth-order valence-electron chi connectivity index (χ4n) is 3.69. The molecule has 0 aliphatic rings. The van der Waals surface area contributed by atoms with Gasteiger partial charge in [0.05, 0.1) is 23.9 Å². The first-order valence-electron chi connectivity index (χ1n) is 10.3. The van der Waals surface area contributed by atoms with Crippen LogP contribution in [0.15, 0.2) is 72.9 Å². The van der Waals surface area contributed by atoms with Crippen LogP contribution in [0.1, 0.15) is 22.4 Å². The molecule has 2 aromatic heterocycles. The average Bonchev–Trinajstić information content (AvgIpc) is 3.12. The van der Waals surface area contributed by atoms with E-state index in [4.69, 9.17) is 4.98 Å². The van der Waals surface area contributed by atoms with Crippen molar-refractivity contribution >= 4 is 11.6 Å². The lowest BCUT2D eigenvalue weighted by Gasteiger charge is -2.20. The van der Waals surface area contributed by atoms with Gasteiger partial charge in [0.15, 0.2) is 0 Å². The largest absolute Gasteiger partial charge is 0.325 e. The number of aromatic nitrogens is 2. The zero-order valence-corrected chi connectivity index (χ0v) is 17.7. The van der Waals surface area contributed by atoms with Gasteiger partial charge in [-0.3, -0.25) is 4.79 Å². The molecule has 0 radical (unpaired) electrons. The van der Waals surface area contributed by atoms with E-state index in [1.165, 1.54) is 5.56 Å². The van der Waals surface area contributed by atoms with Gasteiger partial charge in [-0.2, -0.15) is 5.26 Å². The minimum atomic E-state index is -0.0953. The fourth-order valence-corrected chi connectivity index (χ4v) is 3.69. The Hall–Kier alpha value is -3.91. The topological polar surface area (TPSA) is 61.4 Å². The predicted molar refractivity (Wildman–Crippen MR) is 121 cm³/mol. The van der Waals surface area contributed by atoms with E-state index < -0.39 is 0 Å². The molecule has 0 atom stereocenters. The Bertz CT molecular complexity index is 1250. The van der Waals surface area contributed by atoms with E-state index >= 15 is 0 Å². The molecule has 0 N–H and O–H groups in total. The molecule has 5 nitrogen and oxygen atoms in total. The molecule has 0 saturated heterocycles. The fraction of sp³-hybridized carbons (Fsp3) is 0.192. The normalized spacial score (nSPS) is 10.7. The molecule has 31 heavy (non-hydrogen) atoms. The number of carbonyl (C=O) groups is 1. The van der Waals surface area contributed by atoms with E-state index in [1.54, 1.807) is 4.90 Å². The van der Waals surface area contributed by atoms with Crippen molar-refractivity contribution in [1.82, 2.24) is 14.3 Å². The highest BCUT2D eigenvalue weighted by Crippen LogP contribution is 2.26. The van der Waals surface area contributed by atoms with Crippen LogP contribution in [0.5, 0.6) is 0 Å². The second-order valence-electron chi connectivity index (χ2n) is 7.78. The quantitative estimate of drug-likeness (QED) is 0.434. The van der Waals surface area contributed by atoms with Gasteiger partial charge in [0.1, 0.15) is 12.2 Å². The molecule has 0 spiro atoms. The highest BCUT2D eigenvalue weighted by Gasteiger charge is 2.21. The molecule has 2 heterocycles. The molecular weight excluding hydrogens is 384 g/mol. The number of fused-ring (bicyclic) bond motifs is 1. The minimum Gasteiger partial charge on any atom is -0.325 e. The summed E-state index contributed by atoms with van der Waals surface area (Å²) in [6.45, 7) is 4.52. The molecule has 0 unspecified atom stereocenters. The van der Waals surface area contributed by atoms with Crippen LogP contribution in [0.3, 0.4) is 0 Å². The molecule has 154 valence electrons. The zero-order valence-electron chi connectivity index (χ0n) is 17.7. The third-order valence-corrected chi connectivity index (χ3v) is 5.34. The van der Waals surface area contributed by atoms with Crippen LogP contribution in [0.2, 0.25) is 0 Å². The van der Waals surface area contributed by atoms with Crippen molar-refractivity contribution in [1.29, 1.82) is 5.26 Å². The number of rotatable bonds is 6. The maximum atomic E-state index is 13.3. The van der Waals surface area contributed by atoms with Gasteiger partial charge in [0.25, 0.3) is 0 Å². The number of benzene rings is 2. The number of pyridine rings is 1. The number of nitrogens with zero attached hydrogens (tertiary/aromatic N) is 4. The molecule has 1 amide bonds. The highest BCUT2D eigenvalue weighted by atomic mass is 16.2. The lowest BCUT2D eigenvalue weighted by molar-refractivity contribution is -0.130. The van der Waals surface area contributed by atoms with Crippen LogP contribution in [0.4, 0.5) is 0 Å². The van der Waals surface area contributed by atoms with Crippen molar-refractivity contribution in [3.63, 3.8) is 0 Å². The number of hydrogen-bond donors (Lipinski definition) is 0. The molecule has 4 aromatic rings. The van der Waals surface area contributed by atoms with Crippen molar-refractivity contribution in [2.24, 2.45) is 0 Å². The first kappa shape index (κ1) is 20.4. The number of hydrogen-bond acceptors (Lipinski definition) is 3. The van der Waals surface area contributed by atoms with Gasteiger partial charge in [-0.15, -0.1) is 0 Å². The maximum absolute atomic E-state index is 13.3. The van der Waals surface area contributed by atoms with E-state index in [1.807, 2.05) is 91.2 Å². The number of nitriles is 1. The Morgan fingerprint density at radius 3 is 2.42 bits per heavy atom. The predicted octanol–water partition coefficient (Wildman–Crippen LogP) is 4.71. The highest BCUT2D eigenvalue weighted by molar-refractivity contribution is 5.82. The Morgan fingerprint density at radius 2 is 1.71 bits per heavy atom. The summed E-state index contributed by atoms with van der Waals surface area (Å²) in [7, 11) is 0. The summed E-state index contributed by atoms with van der Waals surface area (Å²) in [6.07, 6.45) is 2.18. The van der Waals surface area contributed by atoms with Crippen LogP contribution in [-0.2, 0) is 17.8 Å². The lowest BCUT2D eigenvalue weighted by Crippen LogP contribution is -2.32. The average molecular weight is 409 g/mol. The number of aryl methyl sites for hydroxylation is 2. The Morgan fingerprint density at radius 1 is 1.00 bits per heavy atom. The van der Waals surface area contributed by atoms with Crippen LogP contribution >= 0.6 is 0 Å². The molecule has 2 aromatic carbocycles. The van der Waals surface area contributed by atoms with Crippen molar-refractivity contribution in [3.05, 3.63) is 95.3 Å². The standard InChI is InChI=1S/C26H24N4O/c1-19-8-11-22(12-9-19)26-23(30-17-20(2)10-13-24(30)28-26)16-25(31)29(15-14-27)18-21-6-4-3-5-7-21/h3-13,17H,15-16,18H2,1-2H3. The van der Waals surface area contributed by atoms with Gasteiger partial charge < -0.3 is 9.30 Å². The Kier molecular flexibility index (Phi) is 5.81. The second-order valence-corrected chi connectivity index (χ2v) is 7.78. The van der Waals surface area contributed by atoms with E-state index in [9.17, 15) is 10.1 Å². The van der Waals surface area contributed by atoms with Gasteiger partial charge in [0.2, 0.25) is 5.91 Å². The SMILES string of the molecule is Cc1ccc(-c2nc3ccc(C)cn3c2CC(=O)N(CC#N)Cc2ccccc2)cc1. The van der Waals surface area contributed by atoms with Gasteiger partial charge in [-0.25, -0.2) is 4.98 Å². The lowest BCUT2D eigenvalue weighted by atomic mass is 10.1. The van der Waals surface area contributed by atoms with Crippen LogP contribution in [0, 0.1) is 25.2 Å². The summed E-state index contributed by atoms with van der Waals surface area (Å²) in [5.74, 6) is -0.0953. The molecule has 0 bridgehead atoms. The van der Waals surface area contributed by atoms with Crippen molar-refractivity contribution < 1.29 is 4.79 Å². The first-order valence-corrected chi connectivity index (χ1v) is 10.3.